The number of benzene rings is 3. The van der Waals surface area contributed by atoms with Gasteiger partial charge in [0, 0.05) is 19.0 Å². The predicted octanol–water partition coefficient (Wildman–Crippen LogP) is 5.28. The van der Waals surface area contributed by atoms with Gasteiger partial charge in [-0.15, -0.1) is 0 Å². The lowest BCUT2D eigenvalue weighted by Gasteiger charge is -2.35. The first-order chi connectivity index (χ1) is 18.0. The number of rotatable bonds is 10. The summed E-state index contributed by atoms with van der Waals surface area (Å²) in [7, 11) is 0. The predicted molar refractivity (Wildman–Crippen MR) is 143 cm³/mol. The highest BCUT2D eigenvalue weighted by Crippen LogP contribution is 2.28. The minimum atomic E-state index is -1.11. The Kier molecular flexibility index (Phi) is 9.30. The van der Waals surface area contributed by atoms with Crippen molar-refractivity contribution in [3.63, 3.8) is 0 Å². The van der Waals surface area contributed by atoms with Gasteiger partial charge in [0.25, 0.3) is 5.91 Å². The molecule has 1 heterocycles. The topological polar surface area (TPSA) is 99.1 Å². The number of carbonyl (C=O) groups is 2. The second-order valence-corrected chi connectivity index (χ2v) is 9.73. The van der Waals surface area contributed by atoms with Crippen molar-refractivity contribution in [1.29, 1.82) is 0 Å². The Labute approximate surface area is 221 Å². The summed E-state index contributed by atoms with van der Waals surface area (Å²) in [5.41, 5.74) is 4.34. The molecule has 0 radical (unpaired) electrons. The maximum atomic E-state index is 12.6. The van der Waals surface area contributed by atoms with Crippen LogP contribution in [0, 0.1) is 0 Å². The van der Waals surface area contributed by atoms with Crippen LogP contribution in [0.5, 0.6) is 0 Å². The first-order valence-electron chi connectivity index (χ1n) is 12.4. The van der Waals surface area contributed by atoms with Crippen LogP contribution in [-0.4, -0.2) is 52.4 Å². The molecule has 7 nitrogen and oxygen atoms in total. The fourth-order valence-electron chi connectivity index (χ4n) is 4.84. The zero-order chi connectivity index (χ0) is 26.2. The number of hydrogen-bond acceptors (Lipinski definition) is 5. The van der Waals surface area contributed by atoms with Crippen molar-refractivity contribution in [3.8, 4) is 11.1 Å². The Bertz CT molecular complexity index is 1210. The van der Waals surface area contributed by atoms with Crippen LogP contribution in [0.1, 0.15) is 40.7 Å². The molecule has 1 saturated heterocycles. The van der Waals surface area contributed by atoms with Gasteiger partial charge in [-0.2, -0.15) is 0 Å². The van der Waals surface area contributed by atoms with Crippen molar-refractivity contribution < 1.29 is 24.8 Å². The lowest BCUT2D eigenvalue weighted by Crippen LogP contribution is -2.42. The lowest BCUT2D eigenvalue weighted by atomic mass is 9.95. The zero-order valence-electron chi connectivity index (χ0n) is 20.5. The van der Waals surface area contributed by atoms with E-state index < -0.39 is 17.9 Å². The molecule has 0 aromatic heterocycles. The van der Waals surface area contributed by atoms with Gasteiger partial charge in [-0.05, 0) is 53.8 Å². The summed E-state index contributed by atoms with van der Waals surface area (Å²) in [5.74, 6) is -1.64. The van der Waals surface area contributed by atoms with Crippen molar-refractivity contribution >= 4 is 23.5 Å². The zero-order valence-corrected chi connectivity index (χ0v) is 21.2. The molecule has 8 heteroatoms. The largest absolute Gasteiger partial charge is 0.480 e. The van der Waals surface area contributed by atoms with Crippen LogP contribution >= 0.6 is 11.6 Å². The first-order valence-corrected chi connectivity index (χ1v) is 12.8. The number of halogens is 1. The van der Waals surface area contributed by atoms with E-state index in [-0.39, 0.29) is 23.0 Å². The molecule has 2 atom stereocenters. The van der Waals surface area contributed by atoms with Gasteiger partial charge in [-0.1, -0.05) is 78.7 Å². The number of piperidine rings is 1. The van der Waals surface area contributed by atoms with E-state index in [1.165, 1.54) is 5.56 Å². The normalized spacial score (nSPS) is 16.8. The van der Waals surface area contributed by atoms with E-state index >= 15 is 0 Å². The fourth-order valence-corrected chi connectivity index (χ4v) is 5.06. The second kappa shape index (κ2) is 12.8. The van der Waals surface area contributed by atoms with Gasteiger partial charge in [0.1, 0.15) is 6.04 Å². The minimum Gasteiger partial charge on any atom is -0.480 e. The molecule has 3 aromatic rings. The standard InChI is InChI=1S/C29H31ClN2O5/c30-26-11-4-3-10-25(26)28(33)31-27(29(34)35)17-20-12-14-21(15-13-20)24-9-2-1-7-22(24)18-32-16-6-5-8-23(32)19-37-36/h1-4,7,9-15,23,27,36H,5-6,8,16-19H2,(H,31,33)(H,34,35)/t23?,27-/m0/s1. The molecule has 1 aliphatic heterocycles. The monoisotopic (exact) mass is 522 g/mol. The molecule has 3 aromatic carbocycles. The number of nitrogens with zero attached hydrogens (tertiary/aromatic N) is 1. The van der Waals surface area contributed by atoms with Gasteiger partial charge in [0.05, 0.1) is 17.2 Å². The van der Waals surface area contributed by atoms with E-state index in [1.807, 2.05) is 36.4 Å². The molecule has 1 fully saturated rings. The molecule has 0 spiro atoms. The molecule has 37 heavy (non-hydrogen) atoms. The summed E-state index contributed by atoms with van der Waals surface area (Å²) in [5, 5.41) is 21.5. The van der Waals surface area contributed by atoms with Crippen LogP contribution in [0.2, 0.25) is 5.02 Å². The maximum Gasteiger partial charge on any atom is 0.326 e. The van der Waals surface area contributed by atoms with Crippen LogP contribution in [0.15, 0.2) is 72.8 Å². The average molecular weight is 523 g/mol. The van der Waals surface area contributed by atoms with Crippen molar-refractivity contribution in [3.05, 3.63) is 94.5 Å². The van der Waals surface area contributed by atoms with E-state index in [1.54, 1.807) is 24.3 Å². The number of nitrogens with one attached hydrogen (secondary N) is 1. The highest BCUT2D eigenvalue weighted by atomic mass is 35.5. The quantitative estimate of drug-likeness (QED) is 0.247. The van der Waals surface area contributed by atoms with Gasteiger partial charge < -0.3 is 10.4 Å². The van der Waals surface area contributed by atoms with Crippen LogP contribution in [0.4, 0.5) is 0 Å². The summed E-state index contributed by atoms with van der Waals surface area (Å²) in [6.45, 7) is 2.01. The summed E-state index contributed by atoms with van der Waals surface area (Å²) in [4.78, 5) is 31.3. The molecule has 3 N–H and O–H groups in total. The number of carboxylic acids is 1. The van der Waals surface area contributed by atoms with E-state index in [4.69, 9.17) is 16.9 Å². The first kappa shape index (κ1) is 26.8. The Morgan fingerprint density at radius 2 is 1.76 bits per heavy atom. The van der Waals surface area contributed by atoms with Crippen LogP contribution in [0.3, 0.4) is 0 Å². The summed E-state index contributed by atoms with van der Waals surface area (Å²) < 4.78 is 0. The lowest BCUT2D eigenvalue weighted by molar-refractivity contribution is -0.253. The Morgan fingerprint density at radius 1 is 1.03 bits per heavy atom. The van der Waals surface area contributed by atoms with Crippen molar-refractivity contribution in [2.24, 2.45) is 0 Å². The summed E-state index contributed by atoms with van der Waals surface area (Å²) in [6.07, 6.45) is 3.39. The van der Waals surface area contributed by atoms with E-state index in [0.29, 0.717) is 6.61 Å². The summed E-state index contributed by atoms with van der Waals surface area (Å²) >= 11 is 6.09. The molecule has 1 aliphatic rings. The fraction of sp³-hybridized carbons (Fsp3) is 0.310. The Balaban J connectivity index is 1.47. The van der Waals surface area contributed by atoms with Gasteiger partial charge in [-0.25, -0.2) is 9.68 Å². The van der Waals surface area contributed by atoms with E-state index in [0.717, 1.165) is 49.0 Å². The molecule has 1 unspecified atom stereocenters. The number of aliphatic carboxylic acids is 1. The molecule has 0 bridgehead atoms. The van der Waals surface area contributed by atoms with Gasteiger partial charge >= 0.3 is 5.97 Å². The number of carboxylic acid groups (broad SMARTS) is 1. The van der Waals surface area contributed by atoms with Crippen molar-refractivity contribution in [2.45, 2.75) is 44.3 Å². The highest BCUT2D eigenvalue weighted by molar-refractivity contribution is 6.33. The Morgan fingerprint density at radius 3 is 2.49 bits per heavy atom. The third-order valence-electron chi connectivity index (χ3n) is 6.83. The number of carbonyl (C=O) groups excluding carboxylic acids is 1. The van der Waals surface area contributed by atoms with Gasteiger partial charge in [0.2, 0.25) is 0 Å². The maximum absolute atomic E-state index is 12.6. The molecule has 1 amide bonds. The molecular formula is C29H31ClN2O5. The van der Waals surface area contributed by atoms with Crippen molar-refractivity contribution in [1.82, 2.24) is 10.2 Å². The number of hydrogen-bond donors (Lipinski definition) is 3. The van der Waals surface area contributed by atoms with Crippen LogP contribution in [-0.2, 0) is 22.6 Å². The summed E-state index contributed by atoms with van der Waals surface area (Å²) in [6, 6.07) is 21.6. The van der Waals surface area contributed by atoms with Crippen molar-refractivity contribution in [2.75, 3.05) is 13.2 Å². The molecular weight excluding hydrogens is 492 g/mol. The van der Waals surface area contributed by atoms with Crippen LogP contribution < -0.4 is 5.32 Å². The van der Waals surface area contributed by atoms with E-state index in [9.17, 15) is 14.7 Å². The number of likely N-dealkylation sites (tertiary alicyclic amines) is 1. The van der Waals surface area contributed by atoms with E-state index in [2.05, 4.69) is 27.2 Å². The number of amides is 1. The van der Waals surface area contributed by atoms with Gasteiger partial charge in [-0.3, -0.25) is 15.0 Å². The second-order valence-electron chi connectivity index (χ2n) is 9.32. The third-order valence-corrected chi connectivity index (χ3v) is 7.16. The average Bonchev–Trinajstić information content (AvgIpc) is 2.90. The van der Waals surface area contributed by atoms with Crippen LogP contribution in [0.25, 0.3) is 11.1 Å². The smallest absolute Gasteiger partial charge is 0.326 e. The highest BCUT2D eigenvalue weighted by Gasteiger charge is 2.24. The Hall–Kier alpha value is -3.23. The minimum absolute atomic E-state index is 0.143. The third kappa shape index (κ3) is 6.96. The molecule has 0 saturated carbocycles. The molecule has 4 rings (SSSR count). The SMILES string of the molecule is O=C(N[C@@H](Cc1ccc(-c2ccccc2CN2CCCCC2COO)cc1)C(=O)O)c1ccccc1Cl. The van der Waals surface area contributed by atoms with Gasteiger partial charge in [0.15, 0.2) is 0 Å². The molecule has 194 valence electrons. The molecule has 0 aliphatic carbocycles.